The number of aliphatic hydroxyl groups is 1. The van der Waals surface area contributed by atoms with Gasteiger partial charge in [-0.3, -0.25) is 0 Å². The van der Waals surface area contributed by atoms with E-state index in [2.05, 4.69) is 42.3 Å². The summed E-state index contributed by atoms with van der Waals surface area (Å²) in [6.07, 6.45) is 0. The number of aliphatic hydroxyl groups excluding tert-OH is 1. The summed E-state index contributed by atoms with van der Waals surface area (Å²) in [4.78, 5) is 2.43. The van der Waals surface area contributed by atoms with Gasteiger partial charge in [0.05, 0.1) is 39.8 Å². The fourth-order valence-electron chi connectivity index (χ4n) is 2.31. The Morgan fingerprint density at radius 1 is 1.18 bits per heavy atom. The Morgan fingerprint density at radius 2 is 1.76 bits per heavy atom. The van der Waals surface area contributed by atoms with Crippen LogP contribution in [0.2, 0.25) is 0 Å². The molecular formula is C13H21IN2O. The van der Waals surface area contributed by atoms with E-state index in [0.717, 1.165) is 37.2 Å². The maximum atomic E-state index is 9.04. The van der Waals surface area contributed by atoms with Crippen molar-refractivity contribution in [1.82, 2.24) is 0 Å². The van der Waals surface area contributed by atoms with Crippen LogP contribution < -0.4 is 28.9 Å². The summed E-state index contributed by atoms with van der Waals surface area (Å²) < 4.78 is 1.000. The summed E-state index contributed by atoms with van der Waals surface area (Å²) in [5.74, 6) is 0. The lowest BCUT2D eigenvalue weighted by molar-refractivity contribution is -0.910. The van der Waals surface area contributed by atoms with Crippen LogP contribution in [-0.2, 0) is 0 Å². The third-order valence-corrected chi connectivity index (χ3v) is 3.58. The minimum Gasteiger partial charge on any atom is -1.00 e. The van der Waals surface area contributed by atoms with Gasteiger partial charge in [-0.05, 0) is 12.1 Å². The van der Waals surface area contributed by atoms with E-state index < -0.39 is 0 Å². The first kappa shape index (κ1) is 14.7. The van der Waals surface area contributed by atoms with Crippen LogP contribution in [0, 0.1) is 0 Å². The average molecular weight is 348 g/mol. The lowest BCUT2D eigenvalue weighted by Gasteiger charge is -2.42. The molecule has 1 N–H and O–H groups in total. The van der Waals surface area contributed by atoms with E-state index >= 15 is 0 Å². The summed E-state index contributed by atoms with van der Waals surface area (Å²) in [6, 6.07) is 10.6. The monoisotopic (exact) mass is 348 g/mol. The zero-order valence-corrected chi connectivity index (χ0v) is 12.5. The Balaban J connectivity index is 0.00000144. The van der Waals surface area contributed by atoms with Crippen molar-refractivity contribution in [1.29, 1.82) is 0 Å². The van der Waals surface area contributed by atoms with Gasteiger partial charge in [-0.2, -0.15) is 0 Å². The Kier molecular flexibility index (Phi) is 5.69. The summed E-state index contributed by atoms with van der Waals surface area (Å²) >= 11 is 0. The second kappa shape index (κ2) is 6.56. The molecule has 2 rings (SSSR count). The number of piperazine rings is 1. The smallest absolute Gasteiger partial charge is 0.102 e. The van der Waals surface area contributed by atoms with Crippen molar-refractivity contribution < 1.29 is 33.6 Å². The number of benzene rings is 1. The van der Waals surface area contributed by atoms with Crippen LogP contribution in [0.1, 0.15) is 0 Å². The second-order valence-corrected chi connectivity index (χ2v) is 4.84. The van der Waals surface area contributed by atoms with Gasteiger partial charge in [-0.25, -0.2) is 0 Å². The Labute approximate surface area is 121 Å². The Hall–Kier alpha value is -0.330. The van der Waals surface area contributed by atoms with Crippen molar-refractivity contribution in [2.24, 2.45) is 0 Å². The predicted octanol–water partition coefficient (Wildman–Crippen LogP) is -2.05. The van der Waals surface area contributed by atoms with Crippen molar-refractivity contribution in [2.45, 2.75) is 0 Å². The third kappa shape index (κ3) is 3.82. The maximum Gasteiger partial charge on any atom is 0.102 e. The Bertz CT molecular complexity index is 323. The number of rotatable bonds is 3. The molecule has 0 radical (unpaired) electrons. The quantitative estimate of drug-likeness (QED) is 0.502. The fraction of sp³-hybridized carbons (Fsp3) is 0.538. The number of quaternary nitrogens is 1. The molecule has 1 aromatic rings. The largest absolute Gasteiger partial charge is 1.00 e. The highest BCUT2D eigenvalue weighted by atomic mass is 127. The molecule has 17 heavy (non-hydrogen) atoms. The number of likely N-dealkylation sites (N-methyl/N-ethyl adjacent to an activating group) is 1. The molecule has 3 nitrogen and oxygen atoms in total. The van der Waals surface area contributed by atoms with Crippen LogP contribution in [-0.4, -0.2) is 56.0 Å². The van der Waals surface area contributed by atoms with Gasteiger partial charge in [0.2, 0.25) is 0 Å². The molecule has 1 aliphatic heterocycles. The highest BCUT2D eigenvalue weighted by molar-refractivity contribution is 5.46. The molecule has 1 fully saturated rings. The van der Waals surface area contributed by atoms with Crippen LogP contribution in [0.5, 0.6) is 0 Å². The second-order valence-electron chi connectivity index (χ2n) is 4.84. The molecule has 0 unspecified atom stereocenters. The molecule has 0 aromatic heterocycles. The van der Waals surface area contributed by atoms with E-state index in [-0.39, 0.29) is 24.0 Å². The minimum absolute atomic E-state index is 0. The molecule has 96 valence electrons. The molecule has 0 aliphatic carbocycles. The molecule has 4 heteroatoms. The van der Waals surface area contributed by atoms with Gasteiger partial charge in [-0.15, -0.1) is 0 Å². The highest BCUT2D eigenvalue weighted by Crippen LogP contribution is 2.17. The van der Waals surface area contributed by atoms with Crippen molar-refractivity contribution in [2.75, 3.05) is 51.3 Å². The molecule has 1 aromatic carbocycles. The summed E-state index contributed by atoms with van der Waals surface area (Å²) in [7, 11) is 2.23. The Morgan fingerprint density at radius 3 is 2.29 bits per heavy atom. The average Bonchev–Trinajstić information content (AvgIpc) is 2.31. The zero-order valence-electron chi connectivity index (χ0n) is 10.3. The number of nitrogens with zero attached hydrogens (tertiary/aromatic N) is 2. The molecule has 1 heterocycles. The molecule has 0 atom stereocenters. The predicted molar refractivity (Wildman–Crippen MR) is 66.5 cm³/mol. The van der Waals surface area contributed by atoms with Crippen LogP contribution in [0.3, 0.4) is 0 Å². The number of para-hydroxylation sites is 1. The van der Waals surface area contributed by atoms with Gasteiger partial charge < -0.3 is 38.5 Å². The van der Waals surface area contributed by atoms with E-state index in [1.165, 1.54) is 5.69 Å². The topological polar surface area (TPSA) is 23.5 Å². The van der Waals surface area contributed by atoms with Crippen molar-refractivity contribution in [3.8, 4) is 0 Å². The molecule has 1 aliphatic rings. The molecule has 0 saturated carbocycles. The van der Waals surface area contributed by atoms with Crippen LogP contribution in [0.15, 0.2) is 30.3 Å². The van der Waals surface area contributed by atoms with E-state index in [0.29, 0.717) is 6.61 Å². The molecular weight excluding hydrogens is 327 g/mol. The highest BCUT2D eigenvalue weighted by Gasteiger charge is 2.27. The number of anilines is 1. The van der Waals surface area contributed by atoms with Gasteiger partial charge in [0.15, 0.2) is 0 Å². The normalized spacial score (nSPS) is 18.6. The molecule has 0 spiro atoms. The number of hydrogen-bond donors (Lipinski definition) is 1. The zero-order chi connectivity index (χ0) is 11.4. The first-order valence-corrected chi connectivity index (χ1v) is 5.98. The van der Waals surface area contributed by atoms with Gasteiger partial charge >= 0.3 is 0 Å². The van der Waals surface area contributed by atoms with Gasteiger partial charge in [0, 0.05) is 5.69 Å². The number of hydrogen-bond acceptors (Lipinski definition) is 2. The lowest BCUT2D eigenvalue weighted by Crippen LogP contribution is -3.00. The number of halogens is 1. The summed E-state index contributed by atoms with van der Waals surface area (Å²) in [5.41, 5.74) is 1.32. The van der Waals surface area contributed by atoms with Crippen LogP contribution >= 0.6 is 0 Å². The van der Waals surface area contributed by atoms with E-state index in [9.17, 15) is 0 Å². The SMILES string of the molecule is C[N+]1(CCO)CCN(c2ccccc2)CC1.[I-]. The van der Waals surface area contributed by atoms with E-state index in [1.54, 1.807) is 0 Å². The van der Waals surface area contributed by atoms with E-state index in [4.69, 9.17) is 5.11 Å². The van der Waals surface area contributed by atoms with Crippen LogP contribution in [0.4, 0.5) is 5.69 Å². The molecule has 1 saturated heterocycles. The lowest BCUT2D eigenvalue weighted by atomic mass is 10.2. The van der Waals surface area contributed by atoms with Gasteiger partial charge in [0.25, 0.3) is 0 Å². The first-order chi connectivity index (χ1) is 7.73. The molecule has 0 bridgehead atoms. The van der Waals surface area contributed by atoms with Crippen LogP contribution in [0.25, 0.3) is 0 Å². The van der Waals surface area contributed by atoms with Crippen molar-refractivity contribution in [3.63, 3.8) is 0 Å². The standard InChI is InChI=1S/C13H21N2O.HI/c1-15(11-12-16)9-7-14(8-10-15)13-5-3-2-4-6-13;/h2-6,16H,7-12H2,1H3;1H/q+1;/p-1. The van der Waals surface area contributed by atoms with Crippen molar-refractivity contribution in [3.05, 3.63) is 30.3 Å². The van der Waals surface area contributed by atoms with Gasteiger partial charge in [-0.1, -0.05) is 18.2 Å². The minimum atomic E-state index is 0. The molecule has 0 amide bonds. The van der Waals surface area contributed by atoms with Crippen molar-refractivity contribution >= 4 is 5.69 Å². The maximum absolute atomic E-state index is 9.04. The van der Waals surface area contributed by atoms with E-state index in [1.807, 2.05) is 0 Å². The summed E-state index contributed by atoms with van der Waals surface area (Å²) in [6.45, 7) is 5.58. The first-order valence-electron chi connectivity index (χ1n) is 5.98. The third-order valence-electron chi connectivity index (χ3n) is 3.58. The summed E-state index contributed by atoms with van der Waals surface area (Å²) in [5, 5.41) is 9.04. The fourth-order valence-corrected chi connectivity index (χ4v) is 2.31. The van der Waals surface area contributed by atoms with Gasteiger partial charge in [0.1, 0.15) is 6.54 Å².